The third kappa shape index (κ3) is 7.40. The van der Waals surface area contributed by atoms with Crippen LogP contribution in [0.2, 0.25) is 5.02 Å². The van der Waals surface area contributed by atoms with E-state index < -0.39 is 49.1 Å². The molecule has 3 aromatic rings. The second-order valence-electron chi connectivity index (χ2n) is 7.76. The zero-order valence-electron chi connectivity index (χ0n) is 19.2. The van der Waals surface area contributed by atoms with Crippen molar-refractivity contribution >= 4 is 44.7 Å². The molecule has 3 aromatic carbocycles. The number of hydrogen-bond acceptors (Lipinski definition) is 5. The predicted octanol–water partition coefficient (Wildman–Crippen LogP) is 5.81. The van der Waals surface area contributed by atoms with Crippen molar-refractivity contribution in [1.82, 2.24) is 4.72 Å². The zero-order chi connectivity index (χ0) is 28.1. The summed E-state index contributed by atoms with van der Waals surface area (Å²) < 4.78 is 79.8. The quantitative estimate of drug-likeness (QED) is 0.144. The molecule has 0 spiro atoms. The monoisotopic (exact) mass is 574 g/mol. The van der Waals surface area contributed by atoms with Crippen LogP contribution < -0.4 is 14.9 Å². The van der Waals surface area contributed by atoms with Gasteiger partial charge in [-0.2, -0.15) is 13.2 Å². The Hall–Kier alpha value is -3.75. The minimum absolute atomic E-state index is 0.0162. The van der Waals surface area contributed by atoms with Gasteiger partial charge in [0.05, 0.1) is 15.4 Å². The fourth-order valence-electron chi connectivity index (χ4n) is 3.26. The number of nitrogens with one attached hydrogen (secondary N) is 2. The van der Waals surface area contributed by atoms with Crippen LogP contribution in [-0.2, 0) is 16.2 Å². The Bertz CT molecular complexity index is 1440. The average molecular weight is 575 g/mol. The van der Waals surface area contributed by atoms with E-state index in [-0.39, 0.29) is 35.9 Å². The molecule has 0 aliphatic carbocycles. The molecule has 0 saturated carbocycles. The maximum Gasteiger partial charge on any atom is 0.416 e. The maximum absolute atomic E-state index is 13.4. The van der Waals surface area contributed by atoms with Crippen molar-refractivity contribution < 1.29 is 35.7 Å². The molecular weight excluding hydrogens is 556 g/mol. The number of carbonyl (C=O) groups excluding carboxylic acids is 1. The molecule has 0 atom stereocenters. The Balaban J connectivity index is 1.72. The minimum Gasteiger partial charge on any atom is -0.308 e. The molecule has 0 fully saturated rings. The Labute approximate surface area is 219 Å². The third-order valence-electron chi connectivity index (χ3n) is 5.10. The summed E-state index contributed by atoms with van der Waals surface area (Å²) in [6.07, 6.45) is -4.61. The van der Waals surface area contributed by atoms with Gasteiger partial charge in [0.25, 0.3) is 5.69 Å². The predicted molar refractivity (Wildman–Crippen MR) is 132 cm³/mol. The van der Waals surface area contributed by atoms with Gasteiger partial charge in [-0.15, -0.1) is 0 Å². The molecule has 0 bridgehead atoms. The average Bonchev–Trinajstić information content (AvgIpc) is 2.84. The van der Waals surface area contributed by atoms with Crippen LogP contribution in [-0.4, -0.2) is 32.5 Å². The number of rotatable bonds is 9. The third-order valence-corrected chi connectivity index (χ3v) is 6.88. The number of alkyl halides is 3. The number of nitro groups is 1. The Morgan fingerprint density at radius 3 is 2.37 bits per heavy atom. The van der Waals surface area contributed by atoms with Gasteiger partial charge in [0, 0.05) is 30.5 Å². The van der Waals surface area contributed by atoms with E-state index in [1.807, 2.05) is 0 Å². The first kappa shape index (κ1) is 28.8. The summed E-state index contributed by atoms with van der Waals surface area (Å²) in [6.45, 7) is -0.340. The van der Waals surface area contributed by atoms with Crippen LogP contribution in [0.25, 0.3) is 0 Å². The molecule has 3 rings (SSSR count). The molecule has 0 aromatic heterocycles. The summed E-state index contributed by atoms with van der Waals surface area (Å²) in [6, 6.07) is 10.8. The first-order chi connectivity index (χ1) is 17.8. The Kier molecular flexibility index (Phi) is 8.91. The number of carbonyl (C=O) groups is 1. The molecule has 202 valence electrons. The van der Waals surface area contributed by atoms with Gasteiger partial charge in [0.2, 0.25) is 10.0 Å². The van der Waals surface area contributed by atoms with Crippen molar-refractivity contribution in [3.63, 3.8) is 0 Å². The maximum atomic E-state index is 13.4. The lowest BCUT2D eigenvalue weighted by Crippen LogP contribution is -2.37. The number of hydrogen-bond donors (Lipinski definition) is 2. The molecule has 0 radical (unpaired) electrons. The number of halogens is 5. The molecule has 2 amide bonds. The van der Waals surface area contributed by atoms with E-state index >= 15 is 0 Å². The highest BCUT2D eigenvalue weighted by molar-refractivity contribution is 7.89. The van der Waals surface area contributed by atoms with E-state index in [9.17, 15) is 40.9 Å². The van der Waals surface area contributed by atoms with E-state index in [4.69, 9.17) is 11.6 Å². The van der Waals surface area contributed by atoms with E-state index in [0.29, 0.717) is 0 Å². The molecule has 0 unspecified atom stereocenters. The largest absolute Gasteiger partial charge is 0.416 e. The standard InChI is InChI=1S/C23H19ClF4N4O5S/c24-20-10-9-19(14-21(20)32(34)35)38(36,37)29-11-2-12-31(18-7-5-16(25)6-8-18)22(33)30-17-4-1-3-15(13-17)23(26,27)28/h1,3-10,13-14,29H,2,11-12H2,(H,30,33). The van der Waals surface area contributed by atoms with Crippen LogP contribution in [0.5, 0.6) is 0 Å². The lowest BCUT2D eigenvalue weighted by atomic mass is 10.2. The van der Waals surface area contributed by atoms with Crippen LogP contribution >= 0.6 is 11.6 Å². The highest BCUT2D eigenvalue weighted by Gasteiger charge is 2.30. The van der Waals surface area contributed by atoms with Gasteiger partial charge in [-0.1, -0.05) is 17.7 Å². The molecule has 2 N–H and O–H groups in total. The van der Waals surface area contributed by atoms with Crippen molar-refractivity contribution in [2.75, 3.05) is 23.3 Å². The highest BCUT2D eigenvalue weighted by atomic mass is 35.5. The van der Waals surface area contributed by atoms with E-state index in [0.717, 1.165) is 53.4 Å². The second-order valence-corrected chi connectivity index (χ2v) is 9.93. The van der Waals surface area contributed by atoms with Crippen LogP contribution in [0.3, 0.4) is 0 Å². The molecule has 9 nitrogen and oxygen atoms in total. The van der Waals surface area contributed by atoms with Crippen molar-refractivity contribution in [2.24, 2.45) is 0 Å². The molecule has 0 saturated heterocycles. The minimum atomic E-state index is -4.63. The normalized spacial score (nSPS) is 11.7. The summed E-state index contributed by atoms with van der Waals surface area (Å²) >= 11 is 5.71. The van der Waals surface area contributed by atoms with Crippen molar-refractivity contribution in [1.29, 1.82) is 0 Å². The number of benzene rings is 3. The summed E-state index contributed by atoms with van der Waals surface area (Å²) in [4.78, 5) is 23.8. The molecule has 0 aliphatic rings. The fraction of sp³-hybridized carbons (Fsp3) is 0.174. The number of sulfonamides is 1. The topological polar surface area (TPSA) is 122 Å². The zero-order valence-corrected chi connectivity index (χ0v) is 20.8. The van der Waals surface area contributed by atoms with Gasteiger partial charge >= 0.3 is 12.2 Å². The molecular formula is C23H19ClF4N4O5S. The number of nitro benzene ring substituents is 1. The molecule has 15 heteroatoms. The van der Waals surface area contributed by atoms with Gasteiger partial charge in [-0.25, -0.2) is 22.3 Å². The first-order valence-corrected chi connectivity index (χ1v) is 12.6. The summed E-state index contributed by atoms with van der Waals surface area (Å²) in [5, 5.41) is 13.1. The summed E-state index contributed by atoms with van der Waals surface area (Å²) in [5.41, 5.74) is -1.50. The SMILES string of the molecule is O=C(Nc1cccc(C(F)(F)F)c1)N(CCCNS(=O)(=O)c1ccc(Cl)c([N+](=O)[O-])c1)c1ccc(F)cc1. The Morgan fingerprint density at radius 2 is 1.74 bits per heavy atom. The number of urea groups is 1. The van der Waals surface area contributed by atoms with Crippen LogP contribution in [0.15, 0.2) is 71.6 Å². The summed E-state index contributed by atoms with van der Waals surface area (Å²) in [7, 11) is -4.18. The van der Waals surface area contributed by atoms with Gasteiger partial charge in [-0.3, -0.25) is 15.0 Å². The van der Waals surface area contributed by atoms with Crippen LogP contribution in [0, 0.1) is 15.9 Å². The number of anilines is 2. The highest BCUT2D eigenvalue weighted by Crippen LogP contribution is 2.31. The van der Waals surface area contributed by atoms with E-state index in [1.165, 1.54) is 18.2 Å². The molecule has 0 heterocycles. The second kappa shape index (κ2) is 11.8. The van der Waals surface area contributed by atoms with Crippen molar-refractivity contribution in [3.05, 3.63) is 93.2 Å². The van der Waals surface area contributed by atoms with Gasteiger partial charge in [-0.05, 0) is 61.0 Å². The Morgan fingerprint density at radius 1 is 1.05 bits per heavy atom. The molecule has 38 heavy (non-hydrogen) atoms. The lowest BCUT2D eigenvalue weighted by molar-refractivity contribution is -0.384. The van der Waals surface area contributed by atoms with Crippen molar-refractivity contribution in [3.8, 4) is 0 Å². The van der Waals surface area contributed by atoms with Crippen molar-refractivity contribution in [2.45, 2.75) is 17.5 Å². The van der Waals surface area contributed by atoms with Gasteiger partial charge in [0.1, 0.15) is 10.8 Å². The number of nitrogens with zero attached hydrogens (tertiary/aromatic N) is 2. The first-order valence-electron chi connectivity index (χ1n) is 10.7. The summed E-state index contributed by atoms with van der Waals surface area (Å²) in [5.74, 6) is -0.586. The molecule has 0 aliphatic heterocycles. The van der Waals surface area contributed by atoms with Crippen LogP contribution in [0.4, 0.5) is 39.4 Å². The van der Waals surface area contributed by atoms with Gasteiger partial charge < -0.3 is 5.32 Å². The lowest BCUT2D eigenvalue weighted by Gasteiger charge is -2.23. The fourth-order valence-corrected chi connectivity index (χ4v) is 4.54. The van der Waals surface area contributed by atoms with E-state index in [2.05, 4.69) is 10.0 Å². The smallest absolute Gasteiger partial charge is 0.308 e. The van der Waals surface area contributed by atoms with Crippen LogP contribution in [0.1, 0.15) is 12.0 Å². The number of amides is 2. The van der Waals surface area contributed by atoms with E-state index in [1.54, 1.807) is 0 Å². The van der Waals surface area contributed by atoms with Gasteiger partial charge in [0.15, 0.2) is 0 Å².